The number of likely N-dealkylation sites (tertiary alicyclic amines) is 1. The summed E-state index contributed by atoms with van der Waals surface area (Å²) in [5.74, 6) is 0.686. The van der Waals surface area contributed by atoms with Crippen molar-refractivity contribution in [2.24, 2.45) is 0 Å². The number of hydrogen-bond donors (Lipinski definition) is 0. The van der Waals surface area contributed by atoms with Crippen LogP contribution in [0.5, 0.6) is 0 Å². The summed E-state index contributed by atoms with van der Waals surface area (Å²) >= 11 is 0. The van der Waals surface area contributed by atoms with E-state index in [1.165, 1.54) is 5.56 Å². The van der Waals surface area contributed by atoms with Crippen molar-refractivity contribution in [2.75, 3.05) is 32.7 Å². The van der Waals surface area contributed by atoms with E-state index in [1.807, 2.05) is 11.0 Å². The third-order valence-corrected chi connectivity index (χ3v) is 4.07. The molecule has 1 saturated heterocycles. The first-order chi connectivity index (χ1) is 9.24. The predicted octanol–water partition coefficient (Wildman–Crippen LogP) is 2.34. The molecule has 0 aromatic heterocycles. The highest BCUT2D eigenvalue weighted by Gasteiger charge is 2.30. The third kappa shape index (κ3) is 3.57. The second kappa shape index (κ2) is 6.71. The van der Waals surface area contributed by atoms with Crippen LogP contribution >= 0.6 is 0 Å². The molecule has 0 radical (unpaired) electrons. The van der Waals surface area contributed by atoms with Crippen LogP contribution in [0.15, 0.2) is 30.3 Å². The first-order valence-corrected chi connectivity index (χ1v) is 7.29. The van der Waals surface area contributed by atoms with Crippen molar-refractivity contribution in [2.45, 2.75) is 26.2 Å². The maximum absolute atomic E-state index is 12.1. The van der Waals surface area contributed by atoms with Gasteiger partial charge in [-0.2, -0.15) is 0 Å². The van der Waals surface area contributed by atoms with E-state index in [1.54, 1.807) is 0 Å². The molecule has 0 N–H and O–H groups in total. The molecule has 1 aromatic carbocycles. The number of likely N-dealkylation sites (N-methyl/N-ethyl adjacent to an activating group) is 1. The monoisotopic (exact) mass is 260 g/mol. The number of nitrogens with zero attached hydrogens (tertiary/aromatic N) is 2. The van der Waals surface area contributed by atoms with Crippen LogP contribution in [-0.2, 0) is 4.79 Å². The second-order valence-corrected chi connectivity index (χ2v) is 5.18. The standard InChI is InChI=1S/C16H24N2O/c1-3-17(4-2)10-11-18-13-15(12-16(18)19)14-8-6-5-7-9-14/h5-9,15H,3-4,10-13H2,1-2H3/t15-/m1/s1. The Morgan fingerprint density at radius 2 is 1.89 bits per heavy atom. The number of rotatable bonds is 6. The molecule has 1 atom stereocenters. The van der Waals surface area contributed by atoms with Gasteiger partial charge in [0.2, 0.25) is 5.91 Å². The van der Waals surface area contributed by atoms with E-state index < -0.39 is 0 Å². The summed E-state index contributed by atoms with van der Waals surface area (Å²) in [6.07, 6.45) is 0.669. The largest absolute Gasteiger partial charge is 0.341 e. The molecule has 1 aromatic rings. The fourth-order valence-electron chi connectivity index (χ4n) is 2.74. The zero-order valence-electron chi connectivity index (χ0n) is 12.0. The number of carbonyl (C=O) groups excluding carboxylic acids is 1. The molecule has 1 heterocycles. The Labute approximate surface area is 116 Å². The highest BCUT2D eigenvalue weighted by Crippen LogP contribution is 2.27. The Morgan fingerprint density at radius 3 is 2.53 bits per heavy atom. The van der Waals surface area contributed by atoms with Gasteiger partial charge in [-0.15, -0.1) is 0 Å². The highest BCUT2D eigenvalue weighted by molar-refractivity contribution is 5.79. The van der Waals surface area contributed by atoms with E-state index in [0.29, 0.717) is 18.2 Å². The van der Waals surface area contributed by atoms with Crippen LogP contribution < -0.4 is 0 Å². The number of benzene rings is 1. The fraction of sp³-hybridized carbons (Fsp3) is 0.562. The van der Waals surface area contributed by atoms with Crippen molar-refractivity contribution in [1.29, 1.82) is 0 Å². The molecule has 1 aliphatic heterocycles. The quantitative estimate of drug-likeness (QED) is 0.784. The number of amides is 1. The Morgan fingerprint density at radius 1 is 1.21 bits per heavy atom. The molecule has 0 spiro atoms. The van der Waals surface area contributed by atoms with Gasteiger partial charge in [0.25, 0.3) is 0 Å². The first-order valence-electron chi connectivity index (χ1n) is 7.29. The van der Waals surface area contributed by atoms with Gasteiger partial charge in [-0.1, -0.05) is 44.2 Å². The van der Waals surface area contributed by atoms with Crippen molar-refractivity contribution in [3.05, 3.63) is 35.9 Å². The van der Waals surface area contributed by atoms with Gasteiger partial charge in [0.05, 0.1) is 0 Å². The molecule has 1 fully saturated rings. The van der Waals surface area contributed by atoms with Crippen molar-refractivity contribution in [3.8, 4) is 0 Å². The Bertz CT molecular complexity index is 400. The minimum atomic E-state index is 0.306. The molecule has 1 amide bonds. The average Bonchev–Trinajstić information content (AvgIpc) is 2.82. The normalized spacial score (nSPS) is 19.4. The van der Waals surface area contributed by atoms with E-state index in [4.69, 9.17) is 0 Å². The van der Waals surface area contributed by atoms with Gasteiger partial charge in [-0.3, -0.25) is 4.79 Å². The minimum absolute atomic E-state index is 0.306. The van der Waals surface area contributed by atoms with Gasteiger partial charge < -0.3 is 9.80 Å². The topological polar surface area (TPSA) is 23.6 Å². The number of hydrogen-bond acceptors (Lipinski definition) is 2. The van der Waals surface area contributed by atoms with E-state index in [2.05, 4.69) is 43.0 Å². The fourth-order valence-corrected chi connectivity index (χ4v) is 2.74. The molecule has 0 unspecified atom stereocenters. The second-order valence-electron chi connectivity index (χ2n) is 5.18. The van der Waals surface area contributed by atoms with E-state index >= 15 is 0 Å². The molecule has 0 bridgehead atoms. The lowest BCUT2D eigenvalue weighted by Crippen LogP contribution is -2.35. The first kappa shape index (κ1) is 14.1. The highest BCUT2D eigenvalue weighted by atomic mass is 16.2. The summed E-state index contributed by atoms with van der Waals surface area (Å²) in [6.45, 7) is 9.18. The van der Waals surface area contributed by atoms with E-state index in [-0.39, 0.29) is 0 Å². The minimum Gasteiger partial charge on any atom is -0.341 e. The molecule has 0 saturated carbocycles. The molecular weight excluding hydrogens is 236 g/mol. The van der Waals surface area contributed by atoms with Crippen LogP contribution in [0, 0.1) is 0 Å². The summed E-state index contributed by atoms with van der Waals surface area (Å²) < 4.78 is 0. The molecule has 2 rings (SSSR count). The van der Waals surface area contributed by atoms with Gasteiger partial charge in [0.1, 0.15) is 0 Å². The Balaban J connectivity index is 1.89. The molecule has 3 nitrogen and oxygen atoms in total. The maximum atomic E-state index is 12.1. The van der Waals surface area contributed by atoms with Crippen LogP contribution in [0.1, 0.15) is 31.7 Å². The summed E-state index contributed by atoms with van der Waals surface area (Å²) in [4.78, 5) is 16.4. The van der Waals surface area contributed by atoms with Crippen LogP contribution in [0.25, 0.3) is 0 Å². The van der Waals surface area contributed by atoms with Gasteiger partial charge in [-0.25, -0.2) is 0 Å². The lowest BCUT2D eigenvalue weighted by Gasteiger charge is -2.23. The van der Waals surface area contributed by atoms with Crippen molar-refractivity contribution < 1.29 is 4.79 Å². The Kier molecular flexibility index (Phi) is 4.97. The van der Waals surface area contributed by atoms with E-state index in [9.17, 15) is 4.79 Å². The molecule has 104 valence electrons. The smallest absolute Gasteiger partial charge is 0.223 e. The third-order valence-electron chi connectivity index (χ3n) is 4.07. The number of carbonyl (C=O) groups is 1. The van der Waals surface area contributed by atoms with Gasteiger partial charge >= 0.3 is 0 Å². The van der Waals surface area contributed by atoms with Crippen LogP contribution in [0.2, 0.25) is 0 Å². The lowest BCUT2D eigenvalue weighted by molar-refractivity contribution is -0.127. The van der Waals surface area contributed by atoms with Crippen LogP contribution in [0.3, 0.4) is 0 Å². The zero-order chi connectivity index (χ0) is 13.7. The van der Waals surface area contributed by atoms with E-state index in [0.717, 1.165) is 32.7 Å². The molecule has 0 aliphatic carbocycles. The summed E-state index contributed by atoms with van der Waals surface area (Å²) in [6, 6.07) is 10.4. The SMILES string of the molecule is CCN(CC)CCN1C[C@H](c2ccccc2)CC1=O. The van der Waals surface area contributed by atoms with Crippen LogP contribution in [0.4, 0.5) is 0 Å². The summed E-state index contributed by atoms with van der Waals surface area (Å²) in [5, 5.41) is 0. The van der Waals surface area contributed by atoms with Crippen molar-refractivity contribution >= 4 is 5.91 Å². The molecule has 3 heteroatoms. The van der Waals surface area contributed by atoms with Crippen molar-refractivity contribution in [3.63, 3.8) is 0 Å². The summed E-state index contributed by atoms with van der Waals surface area (Å²) in [7, 11) is 0. The average molecular weight is 260 g/mol. The predicted molar refractivity (Wildman–Crippen MR) is 78.2 cm³/mol. The Hall–Kier alpha value is -1.35. The molecule has 1 aliphatic rings. The van der Waals surface area contributed by atoms with Gasteiger partial charge in [0.15, 0.2) is 0 Å². The summed E-state index contributed by atoms with van der Waals surface area (Å²) in [5.41, 5.74) is 1.29. The van der Waals surface area contributed by atoms with Crippen molar-refractivity contribution in [1.82, 2.24) is 9.80 Å². The maximum Gasteiger partial charge on any atom is 0.223 e. The molecular formula is C16H24N2O. The zero-order valence-corrected chi connectivity index (χ0v) is 12.0. The van der Waals surface area contributed by atoms with Crippen LogP contribution in [-0.4, -0.2) is 48.4 Å². The van der Waals surface area contributed by atoms with Gasteiger partial charge in [-0.05, 0) is 18.7 Å². The lowest BCUT2D eigenvalue weighted by atomic mass is 9.99. The van der Waals surface area contributed by atoms with Gasteiger partial charge in [0, 0.05) is 32.0 Å². The molecule has 19 heavy (non-hydrogen) atoms.